The summed E-state index contributed by atoms with van der Waals surface area (Å²) in [5, 5.41) is 16.9. The van der Waals surface area contributed by atoms with Crippen LogP contribution >= 0.6 is 0 Å². The van der Waals surface area contributed by atoms with E-state index in [0.29, 0.717) is 0 Å². The number of allylic oxidation sites excluding steroid dienone is 1. The molecule has 0 atom stereocenters. The van der Waals surface area contributed by atoms with Crippen LogP contribution in [0, 0.1) is 0 Å². The summed E-state index contributed by atoms with van der Waals surface area (Å²) in [7, 11) is 0. The van der Waals surface area contributed by atoms with E-state index in [-0.39, 0.29) is 12.2 Å². The highest BCUT2D eigenvalue weighted by atomic mass is 17.1. The van der Waals surface area contributed by atoms with Gasteiger partial charge in [-0.3, -0.25) is 0 Å². The van der Waals surface area contributed by atoms with Crippen LogP contribution in [0.2, 0.25) is 0 Å². The van der Waals surface area contributed by atoms with Crippen molar-refractivity contribution in [3.05, 3.63) is 11.8 Å². The Balaban J connectivity index is 3.62. The van der Waals surface area contributed by atoms with Crippen LogP contribution in [0.25, 0.3) is 0 Å². The molecule has 0 rings (SSSR count). The predicted octanol–water partition coefficient (Wildman–Crippen LogP) is 2.02. The quantitative estimate of drug-likeness (QED) is 0.289. The van der Waals surface area contributed by atoms with Crippen molar-refractivity contribution in [1.82, 2.24) is 0 Å². The van der Waals surface area contributed by atoms with Gasteiger partial charge >= 0.3 is 5.97 Å². The lowest BCUT2D eigenvalue weighted by Crippen LogP contribution is -2.01. The summed E-state index contributed by atoms with van der Waals surface area (Å²) in [5.74, 6) is -0.900. The lowest BCUT2D eigenvalue weighted by Gasteiger charge is -1.96. The number of aliphatic hydroxyl groups excluding tert-OH is 1. The second kappa shape index (κ2) is 6.67. The van der Waals surface area contributed by atoms with Gasteiger partial charge in [-0.25, -0.2) is 4.79 Å². The van der Waals surface area contributed by atoms with Gasteiger partial charge in [0.15, 0.2) is 0 Å². The molecule has 0 saturated heterocycles. The van der Waals surface area contributed by atoms with Gasteiger partial charge in [0, 0.05) is 0 Å². The third-order valence-corrected chi connectivity index (χ3v) is 1.36. The molecule has 0 bridgehead atoms. The first-order chi connectivity index (χ1) is 5.70. The molecule has 0 amide bonds. The summed E-state index contributed by atoms with van der Waals surface area (Å²) in [4.78, 5) is 13.8. The van der Waals surface area contributed by atoms with Crippen molar-refractivity contribution in [2.75, 3.05) is 0 Å². The molecule has 0 heterocycles. The summed E-state index contributed by atoms with van der Waals surface area (Å²) in [5.41, 5.74) is 0. The van der Waals surface area contributed by atoms with Gasteiger partial charge in [-0.1, -0.05) is 13.3 Å². The van der Waals surface area contributed by atoms with Crippen molar-refractivity contribution < 1.29 is 20.0 Å². The summed E-state index contributed by atoms with van der Waals surface area (Å²) >= 11 is 0. The maximum absolute atomic E-state index is 10.4. The van der Waals surface area contributed by atoms with E-state index in [9.17, 15) is 4.79 Å². The van der Waals surface area contributed by atoms with Gasteiger partial charge in [-0.05, 0) is 18.9 Å². The van der Waals surface area contributed by atoms with Crippen LogP contribution in [0.3, 0.4) is 0 Å². The van der Waals surface area contributed by atoms with E-state index in [4.69, 9.17) is 10.4 Å². The van der Waals surface area contributed by atoms with Gasteiger partial charge in [0.1, 0.15) is 6.42 Å². The Bertz CT molecular complexity index is 162. The van der Waals surface area contributed by atoms with Gasteiger partial charge in [-0.15, -0.1) is 0 Å². The maximum atomic E-state index is 10.4. The minimum Gasteiger partial charge on any atom is -0.512 e. The van der Waals surface area contributed by atoms with E-state index in [0.717, 1.165) is 19.3 Å². The van der Waals surface area contributed by atoms with Crippen LogP contribution in [0.1, 0.15) is 32.6 Å². The lowest BCUT2D eigenvalue weighted by molar-refractivity contribution is -0.233. The average molecular weight is 174 g/mol. The molecule has 12 heavy (non-hydrogen) atoms. The van der Waals surface area contributed by atoms with Crippen LogP contribution in [-0.4, -0.2) is 16.3 Å². The van der Waals surface area contributed by atoms with E-state index < -0.39 is 5.97 Å². The van der Waals surface area contributed by atoms with E-state index in [1.54, 1.807) is 6.08 Å². The molecule has 0 unspecified atom stereocenters. The first-order valence-corrected chi connectivity index (χ1v) is 3.93. The Hall–Kier alpha value is -1.03. The molecule has 0 spiro atoms. The van der Waals surface area contributed by atoms with Gasteiger partial charge in [0.2, 0.25) is 0 Å². The number of carbonyl (C=O) groups is 1. The summed E-state index contributed by atoms with van der Waals surface area (Å²) in [6.45, 7) is 2.03. The Kier molecular flexibility index (Phi) is 6.09. The Labute approximate surface area is 71.4 Å². The largest absolute Gasteiger partial charge is 0.512 e. The van der Waals surface area contributed by atoms with Crippen molar-refractivity contribution in [3.63, 3.8) is 0 Å². The predicted molar refractivity (Wildman–Crippen MR) is 43.6 cm³/mol. The van der Waals surface area contributed by atoms with E-state index >= 15 is 0 Å². The second-order valence-electron chi connectivity index (χ2n) is 2.48. The van der Waals surface area contributed by atoms with Crippen LogP contribution < -0.4 is 0 Å². The van der Waals surface area contributed by atoms with Crippen LogP contribution in [0.4, 0.5) is 0 Å². The monoisotopic (exact) mass is 174 g/mol. The van der Waals surface area contributed by atoms with Gasteiger partial charge in [-0.2, -0.15) is 5.26 Å². The fourth-order valence-corrected chi connectivity index (χ4v) is 0.725. The van der Waals surface area contributed by atoms with E-state index in [2.05, 4.69) is 4.89 Å². The van der Waals surface area contributed by atoms with Crippen molar-refractivity contribution in [1.29, 1.82) is 0 Å². The molecule has 4 heteroatoms. The molecule has 0 aromatic rings. The molecule has 2 N–H and O–H groups in total. The third-order valence-electron chi connectivity index (χ3n) is 1.36. The number of unbranched alkanes of at least 4 members (excludes halogenated alkanes) is 2. The SMILES string of the molecule is CCCC/C=C(\O)CC(=O)OO. The molecule has 0 aliphatic heterocycles. The Morgan fingerprint density at radius 3 is 2.75 bits per heavy atom. The molecule has 0 radical (unpaired) electrons. The van der Waals surface area contributed by atoms with Gasteiger partial charge < -0.3 is 9.99 Å². The first kappa shape index (κ1) is 11.0. The maximum Gasteiger partial charge on any atom is 0.349 e. The highest BCUT2D eigenvalue weighted by Crippen LogP contribution is 2.02. The minimum absolute atomic E-state index is 0.0532. The third kappa shape index (κ3) is 5.73. The smallest absolute Gasteiger partial charge is 0.349 e. The highest BCUT2D eigenvalue weighted by molar-refractivity contribution is 5.70. The number of hydrogen-bond acceptors (Lipinski definition) is 4. The van der Waals surface area contributed by atoms with Crippen molar-refractivity contribution in [2.45, 2.75) is 32.6 Å². The van der Waals surface area contributed by atoms with Gasteiger partial charge in [0.25, 0.3) is 0 Å². The zero-order chi connectivity index (χ0) is 9.40. The van der Waals surface area contributed by atoms with Crippen molar-refractivity contribution >= 4 is 5.97 Å². The summed E-state index contributed by atoms with van der Waals surface area (Å²) in [6, 6.07) is 0. The Morgan fingerprint density at radius 1 is 1.58 bits per heavy atom. The average Bonchev–Trinajstić information content (AvgIpc) is 2.05. The number of aliphatic hydroxyl groups is 1. The summed E-state index contributed by atoms with van der Waals surface area (Å²) in [6.07, 6.45) is 4.04. The van der Waals surface area contributed by atoms with E-state index in [1.165, 1.54) is 0 Å². The topological polar surface area (TPSA) is 66.8 Å². The fraction of sp³-hybridized carbons (Fsp3) is 0.625. The van der Waals surface area contributed by atoms with E-state index in [1.807, 2.05) is 6.92 Å². The standard InChI is InChI=1S/C8H14O4/c1-2-3-4-5-7(9)6-8(10)12-11/h5,9,11H,2-4,6H2,1H3/b7-5-. The first-order valence-electron chi connectivity index (χ1n) is 3.93. The molecular formula is C8H14O4. The molecule has 0 aliphatic carbocycles. The molecule has 0 aromatic heterocycles. The summed E-state index contributed by atoms with van der Waals surface area (Å²) < 4.78 is 0. The normalized spacial score (nSPS) is 11.3. The molecule has 4 nitrogen and oxygen atoms in total. The zero-order valence-corrected chi connectivity index (χ0v) is 7.12. The molecule has 0 aromatic carbocycles. The van der Waals surface area contributed by atoms with Gasteiger partial charge in [0.05, 0.1) is 5.76 Å². The number of rotatable bonds is 5. The van der Waals surface area contributed by atoms with Crippen LogP contribution in [0.15, 0.2) is 11.8 Å². The number of carbonyl (C=O) groups excluding carboxylic acids is 1. The highest BCUT2D eigenvalue weighted by Gasteiger charge is 2.04. The van der Waals surface area contributed by atoms with Crippen molar-refractivity contribution in [3.8, 4) is 0 Å². The Morgan fingerprint density at radius 2 is 2.25 bits per heavy atom. The number of hydrogen-bond donors (Lipinski definition) is 2. The fourth-order valence-electron chi connectivity index (χ4n) is 0.725. The second-order valence-corrected chi connectivity index (χ2v) is 2.48. The van der Waals surface area contributed by atoms with Crippen LogP contribution in [-0.2, 0) is 9.68 Å². The molecule has 0 saturated carbocycles. The minimum atomic E-state index is -0.847. The van der Waals surface area contributed by atoms with Crippen molar-refractivity contribution in [2.24, 2.45) is 0 Å². The molecule has 0 aliphatic rings. The zero-order valence-electron chi connectivity index (χ0n) is 7.12. The van der Waals surface area contributed by atoms with Crippen LogP contribution in [0.5, 0.6) is 0 Å². The molecule has 0 fully saturated rings. The molecule has 70 valence electrons. The lowest BCUT2D eigenvalue weighted by atomic mass is 10.2. The molecular weight excluding hydrogens is 160 g/mol.